The minimum atomic E-state index is -0.346. The average Bonchev–Trinajstić information content (AvgIpc) is 2.56. The Bertz CT molecular complexity index is 1000. The third kappa shape index (κ3) is 2.15. The third-order valence-corrected chi connectivity index (χ3v) is 4.41. The fraction of sp³-hybridized carbons (Fsp3) is 0.100. The van der Waals surface area contributed by atoms with Crippen molar-refractivity contribution in [2.75, 3.05) is 5.32 Å². The van der Waals surface area contributed by atoms with E-state index in [1.165, 1.54) is 5.56 Å². The maximum Gasteiger partial charge on any atom is 0.258 e. The Kier molecular flexibility index (Phi) is 3.13. The Balaban J connectivity index is 1.91. The van der Waals surface area contributed by atoms with Gasteiger partial charge in [-0.05, 0) is 43.7 Å². The van der Waals surface area contributed by atoms with Crippen LogP contribution in [0.3, 0.4) is 0 Å². The van der Waals surface area contributed by atoms with Gasteiger partial charge in [-0.2, -0.15) is 0 Å². The molecule has 0 aromatic heterocycles. The summed E-state index contributed by atoms with van der Waals surface area (Å²) in [7, 11) is 0. The molecule has 1 heterocycles. The number of imide groups is 1. The first-order valence-electron chi connectivity index (χ1n) is 7.80. The summed E-state index contributed by atoms with van der Waals surface area (Å²) in [5, 5.41) is 7.39. The number of hydrogen-bond donors (Lipinski definition) is 2. The Morgan fingerprint density at radius 1 is 0.833 bits per heavy atom. The molecular weight excluding hydrogens is 300 g/mol. The fourth-order valence-electron chi connectivity index (χ4n) is 3.23. The van der Waals surface area contributed by atoms with Crippen LogP contribution < -0.4 is 10.6 Å². The smallest absolute Gasteiger partial charge is 0.258 e. The largest absolute Gasteiger partial charge is 0.355 e. The highest BCUT2D eigenvalue weighted by Gasteiger charge is 2.25. The van der Waals surface area contributed by atoms with Crippen LogP contribution in [-0.4, -0.2) is 11.8 Å². The van der Waals surface area contributed by atoms with Crippen LogP contribution in [0.25, 0.3) is 10.8 Å². The van der Waals surface area contributed by atoms with Crippen LogP contribution in [-0.2, 0) is 0 Å². The molecule has 3 aromatic carbocycles. The SMILES string of the molecule is Cc1ccc(Nc2ccc3c4c(cccc24)C(=O)NC3=O)c(C)c1. The molecular formula is C20H16N2O2. The van der Waals surface area contributed by atoms with E-state index in [9.17, 15) is 9.59 Å². The third-order valence-electron chi connectivity index (χ3n) is 4.41. The summed E-state index contributed by atoms with van der Waals surface area (Å²) in [6.45, 7) is 4.11. The van der Waals surface area contributed by atoms with Gasteiger partial charge in [0.05, 0.1) is 0 Å². The van der Waals surface area contributed by atoms with Gasteiger partial charge in [-0.15, -0.1) is 0 Å². The minimum absolute atomic E-state index is 0.346. The fourth-order valence-corrected chi connectivity index (χ4v) is 3.23. The molecule has 24 heavy (non-hydrogen) atoms. The standard InChI is InChI=1S/C20H16N2O2/c1-11-6-8-16(12(2)10-11)21-17-9-7-15-18-13(17)4-3-5-14(18)19(23)22-20(15)24/h3-10,21H,1-2H3,(H,22,23,24). The first-order valence-corrected chi connectivity index (χ1v) is 7.80. The molecule has 0 unspecified atom stereocenters. The lowest BCUT2D eigenvalue weighted by molar-refractivity contribution is 0.0845. The summed E-state index contributed by atoms with van der Waals surface area (Å²) in [5.41, 5.74) is 5.30. The normalized spacial score (nSPS) is 13.1. The topological polar surface area (TPSA) is 58.2 Å². The highest BCUT2D eigenvalue weighted by Crippen LogP contribution is 2.34. The van der Waals surface area contributed by atoms with E-state index < -0.39 is 0 Å². The first kappa shape index (κ1) is 14.5. The highest BCUT2D eigenvalue weighted by molar-refractivity contribution is 6.26. The van der Waals surface area contributed by atoms with E-state index >= 15 is 0 Å². The van der Waals surface area contributed by atoms with Gasteiger partial charge >= 0.3 is 0 Å². The molecule has 0 fully saturated rings. The average molecular weight is 316 g/mol. The predicted molar refractivity (Wildman–Crippen MR) is 94.9 cm³/mol. The molecule has 4 heteroatoms. The number of benzene rings is 3. The number of carbonyl (C=O) groups is 2. The number of nitrogens with one attached hydrogen (secondary N) is 2. The Labute approximate surface area is 139 Å². The molecule has 118 valence electrons. The van der Waals surface area contributed by atoms with Crippen molar-refractivity contribution in [1.29, 1.82) is 0 Å². The molecule has 0 saturated heterocycles. The second kappa shape index (κ2) is 5.20. The van der Waals surface area contributed by atoms with Gasteiger partial charge in [0.15, 0.2) is 0 Å². The van der Waals surface area contributed by atoms with E-state index in [-0.39, 0.29) is 11.8 Å². The van der Waals surface area contributed by atoms with Crippen molar-refractivity contribution in [3.8, 4) is 0 Å². The van der Waals surface area contributed by atoms with Crippen LogP contribution in [0.2, 0.25) is 0 Å². The molecule has 2 amide bonds. The summed E-state index contributed by atoms with van der Waals surface area (Å²) < 4.78 is 0. The van der Waals surface area contributed by atoms with Crippen LogP contribution in [0.1, 0.15) is 31.8 Å². The quantitative estimate of drug-likeness (QED) is 0.700. The molecule has 3 aromatic rings. The lowest BCUT2D eigenvalue weighted by Crippen LogP contribution is -2.34. The molecule has 4 rings (SSSR count). The number of aryl methyl sites for hydroxylation is 2. The van der Waals surface area contributed by atoms with Gasteiger partial charge in [-0.3, -0.25) is 14.9 Å². The summed E-state index contributed by atoms with van der Waals surface area (Å²) in [6.07, 6.45) is 0. The lowest BCUT2D eigenvalue weighted by atomic mass is 9.94. The van der Waals surface area contributed by atoms with Gasteiger partial charge in [0, 0.05) is 33.3 Å². The Morgan fingerprint density at radius 3 is 2.29 bits per heavy atom. The van der Waals surface area contributed by atoms with Gasteiger partial charge in [-0.1, -0.05) is 29.8 Å². The zero-order chi connectivity index (χ0) is 16.8. The summed E-state index contributed by atoms with van der Waals surface area (Å²) in [4.78, 5) is 24.2. The van der Waals surface area contributed by atoms with Crippen LogP contribution in [0.4, 0.5) is 11.4 Å². The van der Waals surface area contributed by atoms with Crippen molar-refractivity contribution in [2.45, 2.75) is 13.8 Å². The van der Waals surface area contributed by atoms with Crippen LogP contribution in [0.15, 0.2) is 48.5 Å². The van der Waals surface area contributed by atoms with Crippen molar-refractivity contribution >= 4 is 34.0 Å². The van der Waals surface area contributed by atoms with Crippen molar-refractivity contribution < 1.29 is 9.59 Å². The number of anilines is 2. The Hall–Kier alpha value is -3.14. The monoisotopic (exact) mass is 316 g/mol. The van der Waals surface area contributed by atoms with Gasteiger partial charge < -0.3 is 5.32 Å². The molecule has 0 atom stereocenters. The molecule has 1 aliphatic rings. The lowest BCUT2D eigenvalue weighted by Gasteiger charge is -2.19. The molecule has 4 nitrogen and oxygen atoms in total. The van der Waals surface area contributed by atoms with Crippen molar-refractivity contribution in [3.63, 3.8) is 0 Å². The first-order chi connectivity index (χ1) is 11.5. The van der Waals surface area contributed by atoms with E-state index in [1.54, 1.807) is 12.1 Å². The number of rotatable bonds is 2. The predicted octanol–water partition coefficient (Wildman–Crippen LogP) is 4.08. The van der Waals surface area contributed by atoms with Crippen LogP contribution >= 0.6 is 0 Å². The van der Waals surface area contributed by atoms with Gasteiger partial charge in [0.2, 0.25) is 0 Å². The maximum atomic E-state index is 12.1. The Morgan fingerprint density at radius 2 is 1.54 bits per heavy atom. The van der Waals surface area contributed by atoms with E-state index in [0.717, 1.165) is 22.3 Å². The molecule has 2 N–H and O–H groups in total. The van der Waals surface area contributed by atoms with Crippen molar-refractivity contribution in [1.82, 2.24) is 5.32 Å². The molecule has 1 aliphatic heterocycles. The van der Waals surface area contributed by atoms with Crippen LogP contribution in [0.5, 0.6) is 0 Å². The summed E-state index contributed by atoms with van der Waals surface area (Å²) >= 11 is 0. The maximum absolute atomic E-state index is 12.1. The second-order valence-corrected chi connectivity index (χ2v) is 6.12. The molecule has 0 bridgehead atoms. The van der Waals surface area contributed by atoms with Crippen molar-refractivity contribution in [2.24, 2.45) is 0 Å². The van der Waals surface area contributed by atoms with Crippen molar-refractivity contribution in [3.05, 3.63) is 70.8 Å². The van der Waals surface area contributed by atoms with E-state index in [2.05, 4.69) is 36.6 Å². The van der Waals surface area contributed by atoms with Gasteiger partial charge in [-0.25, -0.2) is 0 Å². The molecule has 0 aliphatic carbocycles. The second-order valence-electron chi connectivity index (χ2n) is 6.12. The molecule has 0 radical (unpaired) electrons. The number of carbonyl (C=O) groups excluding carboxylic acids is 2. The molecule has 0 saturated carbocycles. The zero-order valence-corrected chi connectivity index (χ0v) is 13.4. The van der Waals surface area contributed by atoms with Gasteiger partial charge in [0.25, 0.3) is 11.8 Å². The van der Waals surface area contributed by atoms with Gasteiger partial charge in [0.1, 0.15) is 0 Å². The van der Waals surface area contributed by atoms with E-state index in [1.807, 2.05) is 24.3 Å². The number of hydrogen-bond acceptors (Lipinski definition) is 3. The zero-order valence-electron chi connectivity index (χ0n) is 13.4. The molecule has 0 spiro atoms. The highest BCUT2D eigenvalue weighted by atomic mass is 16.2. The number of amides is 2. The van der Waals surface area contributed by atoms with E-state index in [4.69, 9.17) is 0 Å². The van der Waals surface area contributed by atoms with E-state index in [0.29, 0.717) is 16.5 Å². The summed E-state index contributed by atoms with van der Waals surface area (Å²) in [5.74, 6) is -0.691. The van der Waals surface area contributed by atoms with Crippen LogP contribution in [0, 0.1) is 13.8 Å². The summed E-state index contributed by atoms with van der Waals surface area (Å²) in [6, 6.07) is 15.4. The minimum Gasteiger partial charge on any atom is -0.355 e.